The van der Waals surface area contributed by atoms with E-state index in [1.807, 2.05) is 0 Å². The molecule has 2 N–H and O–H groups in total. The van der Waals surface area contributed by atoms with Gasteiger partial charge in [-0.3, -0.25) is 9.47 Å². The van der Waals surface area contributed by atoms with Crippen molar-refractivity contribution in [3.8, 4) is 11.6 Å². The molecule has 1 aliphatic heterocycles. The zero-order valence-corrected chi connectivity index (χ0v) is 20.3. The smallest absolute Gasteiger partial charge is 0.416 e. The standard InChI is InChI=1S/C26H24F4N6O2/c1-16-11-20-21(36(16)25(37)34-18-4-2-3-17(12-18)26(28,29)30)5-6-22(24(20)27)38-23-13-19(32-15-33-23)14-35-9-7-31-8-10-35/h2-6,11-13,15,31H,7-10,14H2,1H3,(H,34,37). The molecule has 4 aromatic rings. The first-order valence-corrected chi connectivity index (χ1v) is 11.9. The van der Waals surface area contributed by atoms with Gasteiger partial charge in [-0.25, -0.2) is 19.2 Å². The number of ether oxygens (including phenoxy) is 1. The van der Waals surface area contributed by atoms with E-state index >= 15 is 4.39 Å². The lowest BCUT2D eigenvalue weighted by molar-refractivity contribution is -0.137. The molecule has 38 heavy (non-hydrogen) atoms. The van der Waals surface area contributed by atoms with Gasteiger partial charge in [-0.2, -0.15) is 13.2 Å². The zero-order valence-electron chi connectivity index (χ0n) is 20.3. The summed E-state index contributed by atoms with van der Waals surface area (Å²) in [6.07, 6.45) is -3.19. The SMILES string of the molecule is Cc1cc2c(F)c(Oc3cc(CN4CCNCC4)ncn3)ccc2n1C(=O)Nc1cccc(C(F)(F)F)c1. The van der Waals surface area contributed by atoms with Crippen molar-refractivity contribution >= 4 is 22.6 Å². The largest absolute Gasteiger partial charge is 0.436 e. The van der Waals surface area contributed by atoms with Crippen molar-refractivity contribution < 1.29 is 27.1 Å². The Morgan fingerprint density at radius 1 is 1.11 bits per heavy atom. The van der Waals surface area contributed by atoms with Crippen LogP contribution in [0.25, 0.3) is 10.9 Å². The monoisotopic (exact) mass is 528 g/mol. The van der Waals surface area contributed by atoms with E-state index in [1.165, 1.54) is 41.2 Å². The molecule has 0 spiro atoms. The minimum absolute atomic E-state index is 0.0353. The molecule has 2 aromatic carbocycles. The van der Waals surface area contributed by atoms with Crippen LogP contribution in [0, 0.1) is 12.7 Å². The molecule has 1 amide bonds. The number of carbonyl (C=O) groups excluding carboxylic acids is 1. The van der Waals surface area contributed by atoms with E-state index in [-0.39, 0.29) is 28.2 Å². The molecule has 0 bridgehead atoms. The van der Waals surface area contributed by atoms with Crippen molar-refractivity contribution in [2.24, 2.45) is 0 Å². The number of nitrogens with one attached hydrogen (secondary N) is 2. The van der Waals surface area contributed by atoms with E-state index in [0.717, 1.165) is 44.0 Å². The van der Waals surface area contributed by atoms with Crippen molar-refractivity contribution in [3.05, 3.63) is 77.6 Å². The Balaban J connectivity index is 1.37. The summed E-state index contributed by atoms with van der Waals surface area (Å²) >= 11 is 0. The molecule has 2 aromatic heterocycles. The summed E-state index contributed by atoms with van der Waals surface area (Å²) < 4.78 is 61.5. The second-order valence-corrected chi connectivity index (χ2v) is 8.92. The number of halogens is 4. The minimum atomic E-state index is -4.55. The Morgan fingerprint density at radius 3 is 2.66 bits per heavy atom. The number of anilines is 1. The first-order chi connectivity index (χ1) is 18.2. The molecular weight excluding hydrogens is 504 g/mol. The van der Waals surface area contributed by atoms with Crippen molar-refractivity contribution in [1.82, 2.24) is 24.8 Å². The van der Waals surface area contributed by atoms with Crippen LogP contribution in [0.1, 0.15) is 17.0 Å². The number of carbonyl (C=O) groups is 1. The Hall–Kier alpha value is -4.03. The van der Waals surface area contributed by atoms with Crippen molar-refractivity contribution in [3.63, 3.8) is 0 Å². The molecule has 12 heteroatoms. The predicted octanol–water partition coefficient (Wildman–Crippen LogP) is 5.18. The maximum absolute atomic E-state index is 15.4. The summed E-state index contributed by atoms with van der Waals surface area (Å²) in [4.78, 5) is 23.6. The number of nitrogens with zero attached hydrogens (tertiary/aromatic N) is 4. The van der Waals surface area contributed by atoms with Gasteiger partial charge in [0.2, 0.25) is 5.88 Å². The van der Waals surface area contributed by atoms with Gasteiger partial charge in [0.25, 0.3) is 0 Å². The highest BCUT2D eigenvalue weighted by molar-refractivity contribution is 6.00. The lowest BCUT2D eigenvalue weighted by atomic mass is 10.2. The van der Waals surface area contributed by atoms with Gasteiger partial charge in [0.1, 0.15) is 6.33 Å². The van der Waals surface area contributed by atoms with Crippen LogP contribution in [0.15, 0.2) is 54.9 Å². The van der Waals surface area contributed by atoms with E-state index in [2.05, 4.69) is 25.5 Å². The number of alkyl halides is 3. The normalized spacial score (nSPS) is 14.6. The van der Waals surface area contributed by atoms with Crippen LogP contribution in [0.2, 0.25) is 0 Å². The summed E-state index contributed by atoms with van der Waals surface area (Å²) in [5.41, 5.74) is 0.441. The summed E-state index contributed by atoms with van der Waals surface area (Å²) in [5, 5.41) is 5.86. The number of piperazine rings is 1. The molecule has 1 aliphatic rings. The zero-order chi connectivity index (χ0) is 26.9. The number of aryl methyl sites for hydroxylation is 1. The molecule has 1 fully saturated rings. The van der Waals surface area contributed by atoms with Gasteiger partial charge in [0.15, 0.2) is 11.6 Å². The predicted molar refractivity (Wildman–Crippen MR) is 133 cm³/mol. The molecule has 0 aliphatic carbocycles. The first kappa shape index (κ1) is 25.6. The van der Waals surface area contributed by atoms with Gasteiger partial charge < -0.3 is 15.4 Å². The molecule has 0 radical (unpaired) electrons. The molecule has 0 saturated carbocycles. The van der Waals surface area contributed by atoms with Gasteiger partial charge in [-0.1, -0.05) is 6.07 Å². The fraction of sp³-hybridized carbons (Fsp3) is 0.269. The van der Waals surface area contributed by atoms with Crippen molar-refractivity contribution in [2.45, 2.75) is 19.6 Å². The lowest BCUT2D eigenvalue weighted by Crippen LogP contribution is -2.43. The molecular formula is C26H24F4N6O2. The molecule has 1 saturated heterocycles. The van der Waals surface area contributed by atoms with Crippen LogP contribution < -0.4 is 15.4 Å². The maximum atomic E-state index is 15.4. The highest BCUT2D eigenvalue weighted by atomic mass is 19.4. The lowest BCUT2D eigenvalue weighted by Gasteiger charge is -2.26. The number of amides is 1. The third-order valence-electron chi connectivity index (χ3n) is 6.22. The van der Waals surface area contributed by atoms with Gasteiger partial charge in [-0.15, -0.1) is 0 Å². The fourth-order valence-corrected chi connectivity index (χ4v) is 4.39. The molecule has 5 rings (SSSR count). The third-order valence-corrected chi connectivity index (χ3v) is 6.22. The number of aromatic nitrogens is 3. The second-order valence-electron chi connectivity index (χ2n) is 8.92. The summed E-state index contributed by atoms with van der Waals surface area (Å²) in [6, 6.07) is 9.59. The number of benzene rings is 2. The highest BCUT2D eigenvalue weighted by Crippen LogP contribution is 2.33. The van der Waals surface area contributed by atoms with Crippen LogP contribution in [-0.2, 0) is 12.7 Å². The number of fused-ring (bicyclic) bond motifs is 1. The average molecular weight is 529 g/mol. The maximum Gasteiger partial charge on any atom is 0.416 e. The second kappa shape index (κ2) is 10.4. The average Bonchev–Trinajstić information content (AvgIpc) is 3.23. The molecule has 0 atom stereocenters. The van der Waals surface area contributed by atoms with Gasteiger partial charge in [-0.05, 0) is 43.3 Å². The third kappa shape index (κ3) is 5.46. The van der Waals surface area contributed by atoms with E-state index in [9.17, 15) is 18.0 Å². The first-order valence-electron chi connectivity index (χ1n) is 11.9. The summed E-state index contributed by atoms with van der Waals surface area (Å²) in [5.74, 6) is -0.597. The Morgan fingerprint density at radius 2 is 1.89 bits per heavy atom. The number of hydrogen-bond acceptors (Lipinski definition) is 6. The van der Waals surface area contributed by atoms with Crippen molar-refractivity contribution in [1.29, 1.82) is 0 Å². The van der Waals surface area contributed by atoms with Crippen LogP contribution in [0.4, 0.5) is 28.0 Å². The molecule has 0 unspecified atom stereocenters. The van der Waals surface area contributed by atoms with Crippen LogP contribution in [0.5, 0.6) is 11.6 Å². The molecule has 198 valence electrons. The summed E-state index contributed by atoms with van der Waals surface area (Å²) in [6.45, 7) is 5.79. The van der Waals surface area contributed by atoms with Crippen molar-refractivity contribution in [2.75, 3.05) is 31.5 Å². The summed E-state index contributed by atoms with van der Waals surface area (Å²) in [7, 11) is 0. The number of hydrogen-bond donors (Lipinski definition) is 2. The van der Waals surface area contributed by atoms with Crippen LogP contribution in [-0.4, -0.2) is 51.6 Å². The molecule has 3 heterocycles. The number of rotatable bonds is 5. The Labute approximate surface area is 215 Å². The highest BCUT2D eigenvalue weighted by Gasteiger charge is 2.30. The molecule has 8 nitrogen and oxygen atoms in total. The van der Waals surface area contributed by atoms with E-state index in [0.29, 0.717) is 12.2 Å². The Kier molecular flexibility index (Phi) is 7.00. The van der Waals surface area contributed by atoms with Crippen LogP contribution in [0.3, 0.4) is 0 Å². The van der Waals surface area contributed by atoms with E-state index < -0.39 is 23.6 Å². The Bertz CT molecular complexity index is 1480. The van der Waals surface area contributed by atoms with E-state index in [4.69, 9.17) is 4.74 Å². The fourth-order valence-electron chi connectivity index (χ4n) is 4.39. The van der Waals surface area contributed by atoms with Gasteiger partial charge >= 0.3 is 12.2 Å². The van der Waals surface area contributed by atoms with E-state index in [1.54, 1.807) is 13.0 Å². The van der Waals surface area contributed by atoms with Crippen LogP contribution >= 0.6 is 0 Å². The quantitative estimate of drug-likeness (QED) is 0.348. The topological polar surface area (TPSA) is 84.3 Å². The van der Waals surface area contributed by atoms with Gasteiger partial charge in [0, 0.05) is 55.6 Å². The van der Waals surface area contributed by atoms with Gasteiger partial charge in [0.05, 0.1) is 16.8 Å². The minimum Gasteiger partial charge on any atom is -0.436 e.